The molecule has 0 bridgehead atoms. The maximum atomic E-state index is 10.2. The molecule has 1 unspecified atom stereocenters. The van der Waals surface area contributed by atoms with Gasteiger partial charge in [-0.2, -0.15) is 0 Å². The molecular formula is C14H22BrNO2. The third-order valence-corrected chi connectivity index (χ3v) is 3.72. The van der Waals surface area contributed by atoms with Crippen LogP contribution in [-0.2, 0) is 0 Å². The average Bonchev–Trinajstić information content (AvgIpc) is 2.27. The summed E-state index contributed by atoms with van der Waals surface area (Å²) in [6.07, 6.45) is 0. The molecule has 0 aliphatic heterocycles. The van der Waals surface area contributed by atoms with Gasteiger partial charge in [-0.3, -0.25) is 0 Å². The summed E-state index contributed by atoms with van der Waals surface area (Å²) < 4.78 is 6.70. The lowest BCUT2D eigenvalue weighted by molar-refractivity contribution is -0.0269. The molecule has 1 rings (SSSR count). The molecule has 0 aromatic heterocycles. The highest BCUT2D eigenvalue weighted by atomic mass is 79.9. The van der Waals surface area contributed by atoms with Crippen LogP contribution >= 0.6 is 15.9 Å². The molecule has 0 amide bonds. The third-order valence-electron chi connectivity index (χ3n) is 3.23. The van der Waals surface area contributed by atoms with Crippen LogP contribution in [0.15, 0.2) is 22.7 Å². The summed E-state index contributed by atoms with van der Waals surface area (Å²) in [4.78, 5) is 0. The van der Waals surface area contributed by atoms with E-state index in [1.807, 2.05) is 39.0 Å². The van der Waals surface area contributed by atoms with Crippen LogP contribution in [0.3, 0.4) is 0 Å². The van der Waals surface area contributed by atoms with E-state index in [0.29, 0.717) is 0 Å². The Hall–Kier alpha value is -0.580. The highest BCUT2D eigenvalue weighted by Gasteiger charge is 2.26. The summed E-state index contributed by atoms with van der Waals surface area (Å²) in [6, 6.07) is 5.62. The zero-order valence-electron chi connectivity index (χ0n) is 11.4. The fourth-order valence-corrected chi connectivity index (χ4v) is 1.78. The van der Waals surface area contributed by atoms with Crippen molar-refractivity contribution < 1.29 is 9.84 Å². The van der Waals surface area contributed by atoms with Gasteiger partial charge in [0, 0.05) is 16.1 Å². The summed E-state index contributed by atoms with van der Waals surface area (Å²) >= 11 is 3.42. The van der Waals surface area contributed by atoms with E-state index < -0.39 is 5.60 Å². The van der Waals surface area contributed by atoms with Gasteiger partial charge in [0.2, 0.25) is 0 Å². The minimum Gasteiger partial charge on any atom is -0.490 e. The number of ether oxygens (including phenoxy) is 1. The number of hydrogen-bond donors (Lipinski definition) is 2. The first-order valence-electron chi connectivity index (χ1n) is 6.14. The Morgan fingerprint density at radius 2 is 2.00 bits per heavy atom. The van der Waals surface area contributed by atoms with Gasteiger partial charge in [0.05, 0.1) is 5.60 Å². The molecule has 0 saturated carbocycles. The second-order valence-corrected chi connectivity index (χ2v) is 6.19. The molecule has 0 aliphatic carbocycles. The van der Waals surface area contributed by atoms with Gasteiger partial charge in [0.15, 0.2) is 0 Å². The summed E-state index contributed by atoms with van der Waals surface area (Å²) in [5.41, 5.74) is 6.01. The normalized spacial score (nSPS) is 16.4. The Morgan fingerprint density at radius 3 is 2.50 bits per heavy atom. The number of nitrogens with two attached hydrogens (primary N) is 1. The van der Waals surface area contributed by atoms with Crippen LogP contribution in [0.2, 0.25) is 0 Å². The second kappa shape index (κ2) is 6.04. The fourth-order valence-electron chi connectivity index (χ4n) is 1.40. The number of benzene rings is 1. The maximum Gasteiger partial charge on any atom is 0.124 e. The van der Waals surface area contributed by atoms with E-state index in [2.05, 4.69) is 15.9 Å². The number of rotatable bonds is 5. The van der Waals surface area contributed by atoms with E-state index in [4.69, 9.17) is 10.5 Å². The van der Waals surface area contributed by atoms with Crippen LogP contribution in [0.1, 0.15) is 39.3 Å². The predicted molar refractivity (Wildman–Crippen MR) is 77.7 cm³/mol. The van der Waals surface area contributed by atoms with Crippen molar-refractivity contribution in [3.8, 4) is 5.75 Å². The number of halogens is 1. The van der Waals surface area contributed by atoms with Crippen molar-refractivity contribution in [3.05, 3.63) is 28.2 Å². The van der Waals surface area contributed by atoms with Gasteiger partial charge in [0.25, 0.3) is 0 Å². The molecule has 4 heteroatoms. The van der Waals surface area contributed by atoms with Crippen LogP contribution in [0.4, 0.5) is 0 Å². The van der Waals surface area contributed by atoms with Gasteiger partial charge in [-0.15, -0.1) is 0 Å². The predicted octanol–water partition coefficient (Wildman–Crippen LogP) is 3.25. The van der Waals surface area contributed by atoms with E-state index >= 15 is 0 Å². The molecule has 18 heavy (non-hydrogen) atoms. The average molecular weight is 316 g/mol. The topological polar surface area (TPSA) is 55.5 Å². The molecule has 0 saturated heterocycles. The van der Waals surface area contributed by atoms with Gasteiger partial charge < -0.3 is 15.6 Å². The van der Waals surface area contributed by atoms with Gasteiger partial charge in [0.1, 0.15) is 12.4 Å². The van der Waals surface area contributed by atoms with Crippen molar-refractivity contribution in [2.24, 2.45) is 11.7 Å². The van der Waals surface area contributed by atoms with Crippen molar-refractivity contribution in [1.82, 2.24) is 0 Å². The standard InChI is InChI=1S/C14H22BrNO2/c1-9(2)14(4,17)8-18-13-6-5-11(15)7-12(13)10(3)16/h5-7,9-10,17H,8,16H2,1-4H3/t10-,14?/m1/s1. The van der Waals surface area contributed by atoms with E-state index in [-0.39, 0.29) is 18.6 Å². The van der Waals surface area contributed by atoms with Gasteiger partial charge in [-0.1, -0.05) is 29.8 Å². The molecule has 0 spiro atoms. The minimum absolute atomic E-state index is 0.110. The lowest BCUT2D eigenvalue weighted by Gasteiger charge is -2.28. The molecule has 2 atom stereocenters. The highest BCUT2D eigenvalue weighted by molar-refractivity contribution is 9.10. The van der Waals surface area contributed by atoms with Crippen molar-refractivity contribution in [1.29, 1.82) is 0 Å². The van der Waals surface area contributed by atoms with Crippen LogP contribution < -0.4 is 10.5 Å². The van der Waals surface area contributed by atoms with Crippen molar-refractivity contribution >= 4 is 15.9 Å². The van der Waals surface area contributed by atoms with Crippen molar-refractivity contribution in [3.63, 3.8) is 0 Å². The first-order chi connectivity index (χ1) is 8.24. The summed E-state index contributed by atoms with van der Waals surface area (Å²) in [6.45, 7) is 7.89. The van der Waals surface area contributed by atoms with Gasteiger partial charge in [-0.05, 0) is 38.0 Å². The van der Waals surface area contributed by atoms with Crippen molar-refractivity contribution in [2.75, 3.05) is 6.61 Å². The molecule has 0 radical (unpaired) electrons. The lowest BCUT2D eigenvalue weighted by Crippen LogP contribution is -2.38. The van der Waals surface area contributed by atoms with Gasteiger partial charge in [-0.25, -0.2) is 0 Å². The van der Waals surface area contributed by atoms with Crippen molar-refractivity contribution in [2.45, 2.75) is 39.3 Å². The monoisotopic (exact) mass is 315 g/mol. The maximum absolute atomic E-state index is 10.2. The van der Waals surface area contributed by atoms with Gasteiger partial charge >= 0.3 is 0 Å². The molecule has 102 valence electrons. The van der Waals surface area contributed by atoms with Crippen LogP contribution in [0.25, 0.3) is 0 Å². The molecule has 0 fully saturated rings. The molecule has 1 aromatic rings. The first kappa shape index (κ1) is 15.5. The fraction of sp³-hybridized carbons (Fsp3) is 0.571. The van der Waals surface area contributed by atoms with E-state index in [1.54, 1.807) is 6.92 Å². The molecule has 1 aromatic carbocycles. The number of aliphatic hydroxyl groups is 1. The summed E-state index contributed by atoms with van der Waals surface area (Å²) in [5, 5.41) is 10.2. The Balaban J connectivity index is 2.85. The van der Waals surface area contributed by atoms with E-state index in [9.17, 15) is 5.11 Å². The molecule has 0 aliphatic rings. The van der Waals surface area contributed by atoms with E-state index in [0.717, 1.165) is 15.8 Å². The Kier molecular flexibility index (Phi) is 5.20. The van der Waals surface area contributed by atoms with Crippen LogP contribution in [-0.4, -0.2) is 17.3 Å². The highest BCUT2D eigenvalue weighted by Crippen LogP contribution is 2.28. The summed E-state index contributed by atoms with van der Waals surface area (Å²) in [7, 11) is 0. The Morgan fingerprint density at radius 1 is 1.39 bits per heavy atom. The Labute approximate surface area is 117 Å². The third kappa shape index (κ3) is 3.97. The molecular weight excluding hydrogens is 294 g/mol. The largest absolute Gasteiger partial charge is 0.490 e. The molecule has 0 heterocycles. The number of hydrogen-bond acceptors (Lipinski definition) is 3. The second-order valence-electron chi connectivity index (χ2n) is 5.27. The zero-order valence-corrected chi connectivity index (χ0v) is 13.0. The quantitative estimate of drug-likeness (QED) is 0.877. The smallest absolute Gasteiger partial charge is 0.124 e. The summed E-state index contributed by atoms with van der Waals surface area (Å²) in [5.74, 6) is 0.862. The Bertz CT molecular complexity index is 403. The SMILES string of the molecule is CC(C)C(C)(O)COc1ccc(Br)cc1[C@@H](C)N. The van der Waals surface area contributed by atoms with E-state index in [1.165, 1.54) is 0 Å². The molecule has 3 N–H and O–H groups in total. The van der Waals surface area contributed by atoms with Crippen LogP contribution in [0.5, 0.6) is 5.75 Å². The lowest BCUT2D eigenvalue weighted by atomic mass is 9.94. The first-order valence-corrected chi connectivity index (χ1v) is 6.93. The minimum atomic E-state index is -0.845. The van der Waals surface area contributed by atoms with Crippen LogP contribution in [0, 0.1) is 5.92 Å². The zero-order chi connectivity index (χ0) is 13.9. The molecule has 3 nitrogen and oxygen atoms in total.